The van der Waals surface area contributed by atoms with Gasteiger partial charge in [0.15, 0.2) is 0 Å². The lowest BCUT2D eigenvalue weighted by Gasteiger charge is -2.35. The third-order valence-corrected chi connectivity index (χ3v) is 11.1. The van der Waals surface area contributed by atoms with Gasteiger partial charge in [0.1, 0.15) is 29.2 Å². The van der Waals surface area contributed by atoms with Crippen molar-refractivity contribution in [3.8, 4) is 5.75 Å². The molecule has 0 saturated heterocycles. The highest BCUT2D eigenvalue weighted by atomic mass is 35.5. The van der Waals surface area contributed by atoms with Crippen molar-refractivity contribution >= 4 is 45.9 Å². The maximum Gasteiger partial charge on any atom is 0.136 e. The number of rotatable bonds is 10. The summed E-state index contributed by atoms with van der Waals surface area (Å²) in [7, 11) is -1.73. The first kappa shape index (κ1) is 33.8. The van der Waals surface area contributed by atoms with Gasteiger partial charge in [0.05, 0.1) is 21.5 Å². The highest BCUT2D eigenvalue weighted by Gasteiger charge is 2.31. The van der Waals surface area contributed by atoms with Gasteiger partial charge in [-0.3, -0.25) is 0 Å². The summed E-state index contributed by atoms with van der Waals surface area (Å²) in [6, 6.07) is 18.2. The molecule has 0 aliphatic heterocycles. The summed E-state index contributed by atoms with van der Waals surface area (Å²) in [6.45, 7) is 8.81. The highest BCUT2D eigenvalue weighted by Crippen LogP contribution is 2.46. The topological polar surface area (TPSA) is 72.6 Å². The highest BCUT2D eigenvalue weighted by molar-refractivity contribution is 8.02. The van der Waals surface area contributed by atoms with E-state index < -0.39 is 11.0 Å². The number of aliphatic hydroxyl groups excluding tert-OH is 1. The Hall–Kier alpha value is -2.13. The zero-order valence-corrected chi connectivity index (χ0v) is 28.0. The molecule has 3 N–H and O–H groups in total. The first-order valence-corrected chi connectivity index (χ1v) is 17.1. The lowest BCUT2D eigenvalue weighted by Crippen LogP contribution is -2.24. The summed E-state index contributed by atoms with van der Waals surface area (Å²) in [5.74, 6) is 1.13. The van der Waals surface area contributed by atoms with E-state index >= 15 is 0 Å². The Labute approximate surface area is 271 Å². The third-order valence-electron chi connectivity index (χ3n) is 8.24. The smallest absolute Gasteiger partial charge is 0.136 e. The van der Waals surface area contributed by atoms with Crippen molar-refractivity contribution in [3.63, 3.8) is 0 Å². The van der Waals surface area contributed by atoms with E-state index in [1.165, 1.54) is 28.2 Å². The van der Waals surface area contributed by atoms with Gasteiger partial charge in [0, 0.05) is 11.2 Å². The molecule has 3 atom stereocenters. The van der Waals surface area contributed by atoms with Gasteiger partial charge in [-0.25, -0.2) is 13.7 Å². The normalized spacial score (nSPS) is 18.6. The number of allylic oxidation sites excluding steroid dienone is 4. The van der Waals surface area contributed by atoms with Gasteiger partial charge in [-0.1, -0.05) is 85.5 Å². The Morgan fingerprint density at radius 1 is 1.07 bits per heavy atom. The van der Waals surface area contributed by atoms with Crippen LogP contribution in [0.5, 0.6) is 5.75 Å². The maximum absolute atomic E-state index is 13.9. The molecule has 3 unspecified atom stereocenters. The van der Waals surface area contributed by atoms with Crippen molar-refractivity contribution in [1.82, 2.24) is 0 Å². The molecular formula is C34H38Cl2FNO3S2. The number of thioether (sulfide) groups is 1. The minimum Gasteiger partial charge on any atom is -0.490 e. The summed E-state index contributed by atoms with van der Waals surface area (Å²) in [5, 5.41) is 15.9. The van der Waals surface area contributed by atoms with Crippen LogP contribution in [0.1, 0.15) is 63.1 Å². The van der Waals surface area contributed by atoms with E-state index in [9.17, 15) is 8.60 Å². The van der Waals surface area contributed by atoms with Crippen molar-refractivity contribution in [2.45, 2.75) is 62.5 Å². The standard InChI is InChI=1S/C34H38Cl2FNO3S2/c1-21-15-27(34(3,4)26-8-11-29(35)30(36)19-26)17-25(24-6-9-28(37)10-7-24)18-32(22(21)2)42-20-23-5-12-31(41-14-13-39)33(16-23)43(38)40/h5-12,15-16,19,21,25,39H,13-14,17-18,20,38H2,1-4H3. The molecule has 1 aliphatic carbocycles. The number of ether oxygens (including phenoxy) is 1. The Morgan fingerprint density at radius 2 is 1.79 bits per heavy atom. The summed E-state index contributed by atoms with van der Waals surface area (Å²) < 4.78 is 31.7. The maximum atomic E-state index is 13.9. The number of nitrogens with two attached hydrogens (primary N) is 1. The van der Waals surface area contributed by atoms with Gasteiger partial charge in [0.25, 0.3) is 0 Å². The monoisotopic (exact) mass is 661 g/mol. The summed E-state index contributed by atoms with van der Waals surface area (Å²) in [6.07, 6.45) is 3.97. The molecule has 0 aromatic heterocycles. The van der Waals surface area contributed by atoms with Crippen molar-refractivity contribution < 1.29 is 18.4 Å². The van der Waals surface area contributed by atoms with E-state index in [0.717, 1.165) is 29.5 Å². The Balaban J connectivity index is 1.70. The molecule has 0 bridgehead atoms. The molecule has 0 radical (unpaired) electrons. The van der Waals surface area contributed by atoms with Gasteiger partial charge in [0.2, 0.25) is 0 Å². The Morgan fingerprint density at radius 3 is 2.44 bits per heavy atom. The van der Waals surface area contributed by atoms with Crippen LogP contribution in [0.2, 0.25) is 10.0 Å². The van der Waals surface area contributed by atoms with Gasteiger partial charge >= 0.3 is 0 Å². The fraction of sp³-hybridized carbons (Fsp3) is 0.353. The first-order chi connectivity index (χ1) is 20.4. The molecule has 0 spiro atoms. The minimum atomic E-state index is -1.73. The summed E-state index contributed by atoms with van der Waals surface area (Å²) >= 11 is 14.4. The van der Waals surface area contributed by atoms with Crippen molar-refractivity contribution in [3.05, 3.63) is 115 Å². The fourth-order valence-corrected chi connectivity index (χ4v) is 7.54. The molecule has 0 fully saturated rings. The molecule has 3 aromatic carbocycles. The molecule has 0 heterocycles. The van der Waals surface area contributed by atoms with Crippen LogP contribution in [0.3, 0.4) is 0 Å². The quantitative estimate of drug-likeness (QED) is 0.213. The first-order valence-electron chi connectivity index (χ1n) is 14.2. The van der Waals surface area contributed by atoms with Crippen LogP contribution in [-0.2, 0) is 22.2 Å². The average Bonchev–Trinajstić information content (AvgIpc) is 2.97. The van der Waals surface area contributed by atoms with Gasteiger partial charge in [-0.15, -0.1) is 11.8 Å². The van der Waals surface area contributed by atoms with E-state index in [0.29, 0.717) is 26.4 Å². The molecule has 0 amide bonds. The average molecular weight is 663 g/mol. The van der Waals surface area contributed by atoms with Crippen molar-refractivity contribution in [1.29, 1.82) is 0 Å². The zero-order valence-electron chi connectivity index (χ0n) is 24.8. The van der Waals surface area contributed by atoms with Crippen LogP contribution in [0.4, 0.5) is 4.39 Å². The van der Waals surface area contributed by atoms with Crippen LogP contribution in [-0.4, -0.2) is 22.5 Å². The van der Waals surface area contributed by atoms with Crippen molar-refractivity contribution in [2.75, 3.05) is 13.2 Å². The van der Waals surface area contributed by atoms with Crippen LogP contribution < -0.4 is 9.88 Å². The molecule has 230 valence electrons. The molecular weight excluding hydrogens is 624 g/mol. The largest absolute Gasteiger partial charge is 0.490 e. The number of hydrogen-bond donors (Lipinski definition) is 2. The van der Waals surface area contributed by atoms with E-state index in [-0.39, 0.29) is 36.3 Å². The molecule has 0 saturated carbocycles. The zero-order chi connectivity index (χ0) is 31.3. The predicted octanol–water partition coefficient (Wildman–Crippen LogP) is 9.11. The second-order valence-corrected chi connectivity index (χ2v) is 14.4. The Bertz CT molecular complexity index is 1540. The van der Waals surface area contributed by atoms with E-state index in [4.69, 9.17) is 38.2 Å². The number of aliphatic hydroxyl groups is 1. The predicted molar refractivity (Wildman–Crippen MR) is 179 cm³/mol. The molecule has 43 heavy (non-hydrogen) atoms. The van der Waals surface area contributed by atoms with Crippen LogP contribution in [0.25, 0.3) is 0 Å². The lowest BCUT2D eigenvalue weighted by atomic mass is 9.70. The molecule has 9 heteroatoms. The second-order valence-electron chi connectivity index (χ2n) is 11.4. The number of halogens is 3. The molecule has 4 nitrogen and oxygen atoms in total. The van der Waals surface area contributed by atoms with Crippen LogP contribution in [0, 0.1) is 11.7 Å². The molecule has 4 rings (SSSR count). The lowest BCUT2D eigenvalue weighted by molar-refractivity contribution is 0.198. The van der Waals surface area contributed by atoms with Crippen LogP contribution >= 0.6 is 35.0 Å². The minimum absolute atomic E-state index is 0.102. The number of benzene rings is 3. The van der Waals surface area contributed by atoms with Crippen molar-refractivity contribution in [2.24, 2.45) is 11.1 Å². The summed E-state index contributed by atoms with van der Waals surface area (Å²) in [5.41, 5.74) is 5.42. The molecule has 1 aliphatic rings. The molecule has 3 aromatic rings. The third kappa shape index (κ3) is 8.33. The van der Waals surface area contributed by atoms with E-state index in [1.807, 2.05) is 42.5 Å². The number of hydrogen-bond acceptors (Lipinski definition) is 4. The summed E-state index contributed by atoms with van der Waals surface area (Å²) in [4.78, 5) is 1.69. The van der Waals surface area contributed by atoms with E-state index in [2.05, 4.69) is 33.8 Å². The van der Waals surface area contributed by atoms with Gasteiger partial charge < -0.3 is 9.84 Å². The van der Waals surface area contributed by atoms with Gasteiger partial charge in [-0.05, 0) is 89.6 Å². The van der Waals surface area contributed by atoms with Gasteiger partial charge in [-0.2, -0.15) is 0 Å². The van der Waals surface area contributed by atoms with Crippen LogP contribution in [0.15, 0.2) is 87.7 Å². The fourth-order valence-electron chi connectivity index (χ4n) is 5.39. The van der Waals surface area contributed by atoms with E-state index in [1.54, 1.807) is 17.8 Å². The Kier molecular flexibility index (Phi) is 11.6. The second kappa shape index (κ2) is 14.8. The SMILES string of the molecule is CC1=C(SCc2ccc(OCCO)c(S(N)=O)c2)CC(c2ccc(F)cc2)CC(C(C)(C)c2ccc(Cl)c(Cl)c2)=CC1C.